The molecule has 0 amide bonds. The van der Waals surface area contributed by atoms with Crippen molar-refractivity contribution in [2.24, 2.45) is 0 Å². The Kier molecular flexibility index (Phi) is 3.98. The fourth-order valence-electron chi connectivity index (χ4n) is 7.54. The molecule has 10 rings (SSSR count). The van der Waals surface area contributed by atoms with E-state index < -0.39 is 0 Å². The average molecular weight is 519 g/mol. The van der Waals surface area contributed by atoms with E-state index in [1.807, 2.05) is 0 Å². The minimum atomic E-state index is 0.895. The van der Waals surface area contributed by atoms with Crippen molar-refractivity contribution in [2.75, 3.05) is 0 Å². The van der Waals surface area contributed by atoms with Gasteiger partial charge in [-0.05, 0) is 76.8 Å². The summed E-state index contributed by atoms with van der Waals surface area (Å²) in [6.07, 6.45) is 0. The molecule has 0 fully saturated rings. The maximum atomic E-state index is 7.11. The normalized spacial score (nSPS) is 12.4. The van der Waals surface area contributed by atoms with Gasteiger partial charge in [-0.15, -0.1) is 0 Å². The second-order valence-corrected chi connectivity index (χ2v) is 11.2. The second kappa shape index (κ2) is 7.62. The first-order chi connectivity index (χ1) is 20.3. The second-order valence-electron chi connectivity index (χ2n) is 11.2. The van der Waals surface area contributed by atoms with Crippen LogP contribution in [0.3, 0.4) is 0 Å². The van der Waals surface area contributed by atoms with Crippen LogP contribution in [0.15, 0.2) is 133 Å². The third kappa shape index (κ3) is 2.70. The first-order valence-electron chi connectivity index (χ1n) is 14.2. The molecule has 1 heteroatoms. The molecule has 0 atom stereocenters. The lowest BCUT2D eigenvalue weighted by Crippen LogP contribution is -1.93. The van der Waals surface area contributed by atoms with Crippen molar-refractivity contribution >= 4 is 86.2 Å². The zero-order valence-electron chi connectivity index (χ0n) is 22.1. The molecule has 1 nitrogen and oxygen atoms in total. The molecule has 0 aliphatic carbocycles. The number of rotatable bonds is 2. The summed E-state index contributed by atoms with van der Waals surface area (Å²) in [4.78, 5) is 0. The van der Waals surface area contributed by atoms with E-state index in [-0.39, 0.29) is 0 Å². The molecule has 0 bridgehead atoms. The van der Waals surface area contributed by atoms with Crippen LogP contribution in [0.25, 0.3) is 86.2 Å². The van der Waals surface area contributed by atoms with E-state index in [2.05, 4.69) is 133 Å². The van der Waals surface area contributed by atoms with Gasteiger partial charge in [0.05, 0.1) is 0 Å². The number of hydrogen-bond donors (Lipinski definition) is 0. The van der Waals surface area contributed by atoms with Crippen molar-refractivity contribution < 1.29 is 4.74 Å². The Morgan fingerprint density at radius 1 is 0.244 bits per heavy atom. The molecule has 0 heterocycles. The molecule has 0 aliphatic heterocycles. The van der Waals surface area contributed by atoms with Gasteiger partial charge in [-0.1, -0.05) is 121 Å². The van der Waals surface area contributed by atoms with Gasteiger partial charge in [-0.2, -0.15) is 0 Å². The highest BCUT2D eigenvalue weighted by Crippen LogP contribution is 2.48. The summed E-state index contributed by atoms with van der Waals surface area (Å²) in [7, 11) is 0. The topological polar surface area (TPSA) is 9.23 Å². The smallest absolute Gasteiger partial charge is 0.135 e. The maximum Gasteiger partial charge on any atom is 0.135 e. The highest BCUT2D eigenvalue weighted by Gasteiger charge is 2.20. The Balaban J connectivity index is 1.36. The first kappa shape index (κ1) is 21.4. The van der Waals surface area contributed by atoms with Crippen LogP contribution in [-0.2, 0) is 0 Å². The molecule has 0 aliphatic rings. The lowest BCUT2D eigenvalue weighted by Gasteiger charge is -2.20. The molecular weight excluding hydrogens is 496 g/mol. The quantitative estimate of drug-likeness (QED) is 0.163. The largest absolute Gasteiger partial charge is 0.456 e. The van der Waals surface area contributed by atoms with Gasteiger partial charge in [-0.25, -0.2) is 0 Å². The molecule has 10 aromatic carbocycles. The van der Waals surface area contributed by atoms with Gasteiger partial charge in [0.1, 0.15) is 11.5 Å². The lowest BCUT2D eigenvalue weighted by molar-refractivity contribution is 0.495. The van der Waals surface area contributed by atoms with Gasteiger partial charge in [-0.3, -0.25) is 0 Å². The summed E-state index contributed by atoms with van der Waals surface area (Å²) in [5.74, 6) is 1.79. The summed E-state index contributed by atoms with van der Waals surface area (Å²) in [5.41, 5.74) is 0. The van der Waals surface area contributed by atoms with Crippen molar-refractivity contribution in [3.63, 3.8) is 0 Å². The number of hydrogen-bond acceptors (Lipinski definition) is 1. The Morgan fingerprint density at radius 2 is 0.561 bits per heavy atom. The predicted octanol–water partition coefficient (Wildman–Crippen LogP) is 11.6. The molecule has 0 spiro atoms. The SMILES string of the molecule is c1cc2cccc3c4c(Oc5ccc6cccc7c8cccc9cccc(c5c67)c98)ccc5cccc(c(c1)c23)c54. The van der Waals surface area contributed by atoms with Gasteiger partial charge in [0.25, 0.3) is 0 Å². The molecule has 0 saturated heterocycles. The highest BCUT2D eigenvalue weighted by molar-refractivity contribution is 6.35. The summed E-state index contributed by atoms with van der Waals surface area (Å²) in [5, 5.41) is 20.1. The highest BCUT2D eigenvalue weighted by atomic mass is 16.5. The zero-order chi connectivity index (χ0) is 26.7. The summed E-state index contributed by atoms with van der Waals surface area (Å²) in [6.45, 7) is 0. The summed E-state index contributed by atoms with van der Waals surface area (Å²) in [6, 6.07) is 48.5. The zero-order valence-corrected chi connectivity index (χ0v) is 22.1. The Hall–Kier alpha value is -5.40. The van der Waals surface area contributed by atoms with Crippen LogP contribution in [0.5, 0.6) is 11.5 Å². The van der Waals surface area contributed by atoms with Crippen LogP contribution in [0.1, 0.15) is 0 Å². The van der Waals surface area contributed by atoms with Crippen molar-refractivity contribution in [1.29, 1.82) is 0 Å². The van der Waals surface area contributed by atoms with Crippen LogP contribution in [-0.4, -0.2) is 0 Å². The molecule has 0 saturated carbocycles. The van der Waals surface area contributed by atoms with Crippen LogP contribution in [0.4, 0.5) is 0 Å². The van der Waals surface area contributed by atoms with Gasteiger partial charge in [0, 0.05) is 21.5 Å². The van der Waals surface area contributed by atoms with E-state index in [0.717, 1.165) is 11.5 Å². The Bertz CT molecular complexity index is 2470. The summed E-state index contributed by atoms with van der Waals surface area (Å²) >= 11 is 0. The van der Waals surface area contributed by atoms with E-state index in [4.69, 9.17) is 4.74 Å². The first-order valence-corrected chi connectivity index (χ1v) is 14.2. The fourth-order valence-corrected chi connectivity index (χ4v) is 7.54. The van der Waals surface area contributed by atoms with Crippen molar-refractivity contribution in [2.45, 2.75) is 0 Å². The minimum absolute atomic E-state index is 0.895. The Labute approximate surface area is 235 Å². The van der Waals surface area contributed by atoms with E-state index >= 15 is 0 Å². The van der Waals surface area contributed by atoms with Crippen molar-refractivity contribution in [1.82, 2.24) is 0 Å². The number of fused-ring (bicyclic) bond motifs is 4. The summed E-state index contributed by atoms with van der Waals surface area (Å²) < 4.78 is 7.11. The lowest BCUT2D eigenvalue weighted by atomic mass is 9.89. The molecule has 0 aromatic heterocycles. The van der Waals surface area contributed by atoms with Gasteiger partial charge >= 0.3 is 0 Å². The molecule has 0 N–H and O–H groups in total. The van der Waals surface area contributed by atoms with Crippen molar-refractivity contribution in [3.8, 4) is 11.5 Å². The Morgan fingerprint density at radius 3 is 0.951 bits per heavy atom. The standard InChI is InChI=1S/C40H22O/c1-7-23-9-5-17-31-35(23)27(13-1)29-15-3-11-25-19-21-33(39(31)37(25)29)41-34-22-20-26-12-4-16-30-28-14-2-8-24-10-6-18-32(36(24)28)40(34)38(26)30/h1-22H. The van der Waals surface area contributed by atoms with Crippen molar-refractivity contribution in [3.05, 3.63) is 133 Å². The van der Waals surface area contributed by atoms with Crippen LogP contribution in [0, 0.1) is 0 Å². The maximum absolute atomic E-state index is 7.11. The average Bonchev–Trinajstić information content (AvgIpc) is 3.03. The van der Waals surface area contributed by atoms with Gasteiger partial charge < -0.3 is 4.74 Å². The van der Waals surface area contributed by atoms with Gasteiger partial charge in [0.15, 0.2) is 0 Å². The molecular formula is C40H22O. The molecule has 0 unspecified atom stereocenters. The monoisotopic (exact) mass is 518 g/mol. The van der Waals surface area contributed by atoms with Crippen LogP contribution >= 0.6 is 0 Å². The van der Waals surface area contributed by atoms with Crippen LogP contribution < -0.4 is 4.74 Å². The minimum Gasteiger partial charge on any atom is -0.456 e. The van der Waals surface area contributed by atoms with E-state index in [9.17, 15) is 0 Å². The number of ether oxygens (including phenoxy) is 1. The predicted molar refractivity (Wildman–Crippen MR) is 175 cm³/mol. The number of benzene rings is 10. The van der Waals surface area contributed by atoms with E-state index in [1.165, 1.54) is 86.2 Å². The molecule has 41 heavy (non-hydrogen) atoms. The van der Waals surface area contributed by atoms with E-state index in [1.54, 1.807) is 0 Å². The van der Waals surface area contributed by atoms with Gasteiger partial charge in [0.2, 0.25) is 0 Å². The van der Waals surface area contributed by atoms with E-state index in [0.29, 0.717) is 0 Å². The molecule has 0 radical (unpaired) electrons. The third-order valence-electron chi connectivity index (χ3n) is 9.16. The molecule has 10 aromatic rings. The molecule has 188 valence electrons. The third-order valence-corrected chi connectivity index (χ3v) is 9.16. The fraction of sp³-hybridized carbons (Fsp3) is 0. The van der Waals surface area contributed by atoms with Crippen LogP contribution in [0.2, 0.25) is 0 Å².